The summed E-state index contributed by atoms with van der Waals surface area (Å²) in [5.74, 6) is 0.531. The highest BCUT2D eigenvalue weighted by molar-refractivity contribution is 8.00. The van der Waals surface area contributed by atoms with Crippen LogP contribution in [-0.4, -0.2) is 30.8 Å². The first-order chi connectivity index (χ1) is 16.5. The molecule has 0 spiro atoms. The maximum Gasteiger partial charge on any atom is 0.269 e. The van der Waals surface area contributed by atoms with Crippen molar-refractivity contribution in [1.82, 2.24) is 14.9 Å². The second kappa shape index (κ2) is 9.11. The summed E-state index contributed by atoms with van der Waals surface area (Å²) in [6, 6.07) is 23.0. The lowest BCUT2D eigenvalue weighted by Gasteiger charge is -2.33. The number of ketones is 1. The SMILES string of the molecule is CCc1ccc(C(=O)C2Sc3nnc(-c4ccccc4)n3NC2c2cccc([N+](=O)[O-])c2)cc1. The number of thioether (sulfide) groups is 1. The van der Waals surface area contributed by atoms with Crippen LogP contribution in [0.3, 0.4) is 0 Å². The van der Waals surface area contributed by atoms with Gasteiger partial charge in [0.15, 0.2) is 11.6 Å². The van der Waals surface area contributed by atoms with Crippen LogP contribution in [-0.2, 0) is 6.42 Å². The van der Waals surface area contributed by atoms with Crippen molar-refractivity contribution < 1.29 is 9.72 Å². The summed E-state index contributed by atoms with van der Waals surface area (Å²) in [6.07, 6.45) is 0.885. The van der Waals surface area contributed by atoms with E-state index in [0.29, 0.717) is 22.1 Å². The van der Waals surface area contributed by atoms with Crippen LogP contribution in [0, 0.1) is 10.1 Å². The van der Waals surface area contributed by atoms with E-state index in [1.54, 1.807) is 16.8 Å². The van der Waals surface area contributed by atoms with E-state index in [0.717, 1.165) is 17.5 Å². The minimum absolute atomic E-state index is 0.0272. The Morgan fingerprint density at radius 3 is 2.53 bits per heavy atom. The van der Waals surface area contributed by atoms with Gasteiger partial charge in [-0.25, -0.2) is 4.68 Å². The third-order valence-electron chi connectivity index (χ3n) is 5.81. The van der Waals surface area contributed by atoms with E-state index in [-0.39, 0.29) is 11.5 Å². The summed E-state index contributed by atoms with van der Waals surface area (Å²) in [7, 11) is 0. The highest BCUT2D eigenvalue weighted by Gasteiger charge is 2.38. The molecule has 0 amide bonds. The van der Waals surface area contributed by atoms with Gasteiger partial charge in [-0.1, -0.05) is 85.4 Å². The van der Waals surface area contributed by atoms with Gasteiger partial charge in [0.05, 0.1) is 11.0 Å². The number of aromatic nitrogens is 3. The van der Waals surface area contributed by atoms with Crippen molar-refractivity contribution in [2.45, 2.75) is 29.8 Å². The average molecular weight is 472 g/mol. The molecular formula is C25H21N5O3S. The van der Waals surface area contributed by atoms with Gasteiger partial charge < -0.3 is 5.43 Å². The van der Waals surface area contributed by atoms with E-state index in [1.165, 1.54) is 23.9 Å². The molecule has 1 aliphatic rings. The number of non-ortho nitro benzene ring substituents is 1. The topological polar surface area (TPSA) is 103 Å². The Morgan fingerprint density at radius 1 is 1.06 bits per heavy atom. The standard InChI is InChI=1S/C25H21N5O3S/c1-2-16-11-13-17(14-12-16)22(31)23-21(19-9-6-10-20(15-19)30(32)33)28-29-24(26-27-25(29)34-23)18-7-4-3-5-8-18/h3-15,21,23,28H,2H2,1H3. The molecule has 2 unspecified atom stereocenters. The third kappa shape index (κ3) is 4.06. The molecule has 1 aliphatic heterocycles. The van der Waals surface area contributed by atoms with Crippen LogP contribution < -0.4 is 5.43 Å². The van der Waals surface area contributed by atoms with Crippen molar-refractivity contribution in [2.75, 3.05) is 5.43 Å². The van der Waals surface area contributed by atoms with Crippen LogP contribution in [0.25, 0.3) is 11.4 Å². The largest absolute Gasteiger partial charge is 0.313 e. The zero-order chi connectivity index (χ0) is 23.7. The fraction of sp³-hybridized carbons (Fsp3) is 0.160. The number of Topliss-reactive ketones (excluding diaryl/α,β-unsaturated/α-hetero) is 1. The Labute approximate surface area is 200 Å². The molecule has 0 radical (unpaired) electrons. The molecule has 34 heavy (non-hydrogen) atoms. The Hall–Kier alpha value is -3.98. The predicted molar refractivity (Wildman–Crippen MR) is 130 cm³/mol. The van der Waals surface area contributed by atoms with Crippen LogP contribution in [0.4, 0.5) is 5.69 Å². The first-order valence-electron chi connectivity index (χ1n) is 10.9. The molecule has 1 N–H and O–H groups in total. The minimum atomic E-state index is -0.588. The highest BCUT2D eigenvalue weighted by Crippen LogP contribution is 2.40. The van der Waals surface area contributed by atoms with Gasteiger partial charge in [0.1, 0.15) is 5.25 Å². The first-order valence-corrected chi connectivity index (χ1v) is 11.7. The summed E-state index contributed by atoms with van der Waals surface area (Å²) in [5, 5.41) is 20.0. The van der Waals surface area contributed by atoms with Gasteiger partial charge in [0, 0.05) is 23.3 Å². The van der Waals surface area contributed by atoms with Crippen LogP contribution >= 0.6 is 11.8 Å². The molecule has 2 atom stereocenters. The fourth-order valence-electron chi connectivity index (χ4n) is 3.98. The minimum Gasteiger partial charge on any atom is -0.313 e. The summed E-state index contributed by atoms with van der Waals surface area (Å²) in [5.41, 5.74) is 6.59. The number of nitro benzene ring substituents is 1. The molecule has 5 rings (SSSR count). The quantitative estimate of drug-likeness (QED) is 0.238. The van der Waals surface area contributed by atoms with Crippen molar-refractivity contribution in [3.63, 3.8) is 0 Å². The van der Waals surface area contributed by atoms with E-state index in [2.05, 4.69) is 22.5 Å². The van der Waals surface area contributed by atoms with Gasteiger partial charge in [0.25, 0.3) is 5.69 Å². The smallest absolute Gasteiger partial charge is 0.269 e. The molecule has 0 saturated carbocycles. The Bertz CT molecular complexity index is 1350. The van der Waals surface area contributed by atoms with Gasteiger partial charge in [-0.15, -0.1) is 10.2 Å². The second-order valence-corrected chi connectivity index (χ2v) is 9.03. The molecule has 3 aromatic carbocycles. The number of nitro groups is 1. The van der Waals surface area contributed by atoms with Crippen molar-refractivity contribution in [1.29, 1.82) is 0 Å². The number of carbonyl (C=O) groups is 1. The zero-order valence-electron chi connectivity index (χ0n) is 18.3. The lowest BCUT2D eigenvalue weighted by molar-refractivity contribution is -0.384. The van der Waals surface area contributed by atoms with Crippen molar-refractivity contribution in [2.24, 2.45) is 0 Å². The maximum absolute atomic E-state index is 13.6. The number of benzene rings is 3. The molecule has 4 aromatic rings. The fourth-order valence-corrected chi connectivity index (χ4v) is 5.14. The third-order valence-corrected chi connectivity index (χ3v) is 7.03. The van der Waals surface area contributed by atoms with Gasteiger partial charge in [-0.2, -0.15) is 0 Å². The maximum atomic E-state index is 13.6. The van der Waals surface area contributed by atoms with E-state index in [4.69, 9.17) is 0 Å². The molecule has 0 aliphatic carbocycles. The number of fused-ring (bicyclic) bond motifs is 1. The van der Waals surface area contributed by atoms with Crippen molar-refractivity contribution in [3.05, 3.63) is 106 Å². The van der Waals surface area contributed by atoms with E-state index < -0.39 is 16.2 Å². The highest BCUT2D eigenvalue weighted by atomic mass is 32.2. The molecule has 2 heterocycles. The summed E-state index contributed by atoms with van der Waals surface area (Å²) >= 11 is 1.31. The number of aryl methyl sites for hydroxylation is 1. The average Bonchev–Trinajstić information content (AvgIpc) is 3.31. The number of carbonyl (C=O) groups excluding carboxylic acids is 1. The van der Waals surface area contributed by atoms with Gasteiger partial charge >= 0.3 is 0 Å². The number of rotatable bonds is 6. The van der Waals surface area contributed by atoms with E-state index in [1.807, 2.05) is 54.6 Å². The number of nitrogens with one attached hydrogen (secondary N) is 1. The molecule has 170 valence electrons. The molecule has 8 nitrogen and oxygen atoms in total. The van der Waals surface area contributed by atoms with Crippen LogP contribution in [0.5, 0.6) is 0 Å². The van der Waals surface area contributed by atoms with Crippen LogP contribution in [0.2, 0.25) is 0 Å². The number of hydrogen-bond acceptors (Lipinski definition) is 7. The van der Waals surface area contributed by atoms with Gasteiger partial charge in [-0.3, -0.25) is 14.9 Å². The monoisotopic (exact) mass is 471 g/mol. The van der Waals surface area contributed by atoms with Crippen LogP contribution in [0.15, 0.2) is 84.0 Å². The molecule has 9 heteroatoms. The number of hydrogen-bond donors (Lipinski definition) is 1. The van der Waals surface area contributed by atoms with Crippen molar-refractivity contribution in [3.8, 4) is 11.4 Å². The summed E-state index contributed by atoms with van der Waals surface area (Å²) in [6.45, 7) is 2.06. The molecule has 0 bridgehead atoms. The Morgan fingerprint density at radius 2 is 1.82 bits per heavy atom. The first kappa shape index (κ1) is 21.8. The second-order valence-electron chi connectivity index (χ2n) is 7.92. The van der Waals surface area contributed by atoms with Gasteiger partial charge in [0.2, 0.25) is 5.16 Å². The summed E-state index contributed by atoms with van der Waals surface area (Å²) < 4.78 is 1.76. The predicted octanol–water partition coefficient (Wildman–Crippen LogP) is 5.06. The molecule has 1 aromatic heterocycles. The Kier molecular flexibility index (Phi) is 5.85. The number of nitrogens with zero attached hydrogens (tertiary/aromatic N) is 4. The zero-order valence-corrected chi connectivity index (χ0v) is 19.1. The van der Waals surface area contributed by atoms with E-state index in [9.17, 15) is 14.9 Å². The van der Waals surface area contributed by atoms with Gasteiger partial charge in [-0.05, 0) is 17.5 Å². The normalized spacial score (nSPS) is 17.0. The molecule has 0 fully saturated rings. The molecular weight excluding hydrogens is 450 g/mol. The lowest BCUT2D eigenvalue weighted by atomic mass is 9.96. The van der Waals surface area contributed by atoms with Crippen molar-refractivity contribution >= 4 is 23.2 Å². The Balaban J connectivity index is 1.58. The van der Waals surface area contributed by atoms with E-state index >= 15 is 0 Å². The molecule has 0 saturated heterocycles. The summed E-state index contributed by atoms with van der Waals surface area (Å²) in [4.78, 5) is 24.6. The lowest BCUT2D eigenvalue weighted by Crippen LogP contribution is -2.39. The van der Waals surface area contributed by atoms with Crippen LogP contribution in [0.1, 0.15) is 34.5 Å².